The van der Waals surface area contributed by atoms with Crippen LogP contribution in [-0.2, 0) is 4.74 Å². The SMILES string of the molecule is Cc1nc(C(C)OC(C)C)ccc1C(=O)Nc1cccc(Oc2cccc(Br)c2)c1. The van der Waals surface area contributed by atoms with E-state index in [1.807, 2.05) is 76.2 Å². The zero-order valence-electron chi connectivity index (χ0n) is 17.5. The van der Waals surface area contributed by atoms with Crippen molar-refractivity contribution in [3.05, 3.63) is 82.1 Å². The first-order valence-electron chi connectivity index (χ1n) is 9.79. The highest BCUT2D eigenvalue weighted by Gasteiger charge is 2.15. The summed E-state index contributed by atoms with van der Waals surface area (Å²) in [5.74, 6) is 1.13. The van der Waals surface area contributed by atoms with Crippen molar-refractivity contribution in [2.75, 3.05) is 5.32 Å². The number of hydrogen-bond donors (Lipinski definition) is 1. The van der Waals surface area contributed by atoms with Crippen molar-refractivity contribution >= 4 is 27.5 Å². The normalized spacial score (nSPS) is 11.9. The van der Waals surface area contributed by atoms with Crippen molar-refractivity contribution in [2.45, 2.75) is 39.9 Å². The fourth-order valence-electron chi connectivity index (χ4n) is 3.03. The Labute approximate surface area is 185 Å². The molecule has 0 saturated carbocycles. The summed E-state index contributed by atoms with van der Waals surface area (Å²) in [6.45, 7) is 7.75. The molecule has 1 N–H and O–H groups in total. The number of nitrogens with one attached hydrogen (secondary N) is 1. The second kappa shape index (κ2) is 9.87. The maximum Gasteiger partial charge on any atom is 0.257 e. The fraction of sp³-hybridized carbons (Fsp3) is 0.250. The smallest absolute Gasteiger partial charge is 0.257 e. The maximum atomic E-state index is 12.8. The van der Waals surface area contributed by atoms with Gasteiger partial charge in [-0.05, 0) is 70.2 Å². The molecule has 0 saturated heterocycles. The van der Waals surface area contributed by atoms with E-state index in [0.29, 0.717) is 28.4 Å². The minimum Gasteiger partial charge on any atom is -0.457 e. The lowest BCUT2D eigenvalue weighted by Crippen LogP contribution is -2.16. The number of carbonyl (C=O) groups is 1. The summed E-state index contributed by atoms with van der Waals surface area (Å²) in [7, 11) is 0. The molecule has 0 fully saturated rings. The number of nitrogens with zero attached hydrogens (tertiary/aromatic N) is 1. The van der Waals surface area contributed by atoms with Gasteiger partial charge >= 0.3 is 0 Å². The number of ether oxygens (including phenoxy) is 2. The van der Waals surface area contributed by atoms with Crippen molar-refractivity contribution in [1.82, 2.24) is 4.98 Å². The van der Waals surface area contributed by atoms with E-state index in [-0.39, 0.29) is 18.1 Å². The molecule has 0 bridgehead atoms. The van der Waals surface area contributed by atoms with E-state index >= 15 is 0 Å². The Morgan fingerprint density at radius 2 is 1.70 bits per heavy atom. The van der Waals surface area contributed by atoms with Gasteiger partial charge < -0.3 is 14.8 Å². The Morgan fingerprint density at radius 3 is 2.37 bits per heavy atom. The standard InChI is InChI=1S/C24H25BrN2O3/c1-15(2)29-17(4)23-12-11-22(16(3)26-23)24(28)27-19-8-6-10-21(14-19)30-20-9-5-7-18(25)13-20/h5-15,17H,1-4H3,(H,27,28). The van der Waals surface area contributed by atoms with Gasteiger partial charge in [-0.2, -0.15) is 0 Å². The lowest BCUT2D eigenvalue weighted by atomic mass is 10.1. The van der Waals surface area contributed by atoms with Gasteiger partial charge in [0.15, 0.2) is 0 Å². The van der Waals surface area contributed by atoms with Crippen LogP contribution in [0, 0.1) is 6.92 Å². The van der Waals surface area contributed by atoms with Gasteiger partial charge in [-0.3, -0.25) is 9.78 Å². The topological polar surface area (TPSA) is 60.5 Å². The Morgan fingerprint density at radius 1 is 1.00 bits per heavy atom. The third-order valence-electron chi connectivity index (χ3n) is 4.37. The number of aromatic nitrogens is 1. The molecule has 2 aromatic carbocycles. The van der Waals surface area contributed by atoms with E-state index in [9.17, 15) is 4.79 Å². The van der Waals surface area contributed by atoms with Crippen molar-refractivity contribution in [3.8, 4) is 11.5 Å². The molecule has 0 radical (unpaired) electrons. The van der Waals surface area contributed by atoms with E-state index in [1.54, 1.807) is 12.1 Å². The van der Waals surface area contributed by atoms with E-state index in [4.69, 9.17) is 9.47 Å². The molecule has 0 spiro atoms. The van der Waals surface area contributed by atoms with Gasteiger partial charge in [0.25, 0.3) is 5.91 Å². The van der Waals surface area contributed by atoms with E-state index in [2.05, 4.69) is 26.2 Å². The van der Waals surface area contributed by atoms with Gasteiger partial charge in [-0.25, -0.2) is 0 Å². The summed E-state index contributed by atoms with van der Waals surface area (Å²) in [6.07, 6.45) is -0.0239. The lowest BCUT2D eigenvalue weighted by molar-refractivity contribution is 0.0154. The van der Waals surface area contributed by atoms with Crippen LogP contribution >= 0.6 is 15.9 Å². The number of hydrogen-bond acceptors (Lipinski definition) is 4. The molecule has 1 unspecified atom stereocenters. The van der Waals surface area contributed by atoms with Crippen LogP contribution in [0.2, 0.25) is 0 Å². The first-order chi connectivity index (χ1) is 14.3. The van der Waals surface area contributed by atoms with Crippen molar-refractivity contribution < 1.29 is 14.3 Å². The Bertz CT molecular complexity index is 1040. The minimum atomic E-state index is -0.219. The Kier molecular flexibility index (Phi) is 7.24. The molecule has 0 aliphatic heterocycles. The third kappa shape index (κ3) is 5.90. The molecule has 0 aliphatic carbocycles. The van der Waals surface area contributed by atoms with E-state index in [1.165, 1.54) is 0 Å². The first-order valence-corrected chi connectivity index (χ1v) is 10.6. The molecule has 1 atom stereocenters. The molecular weight excluding hydrogens is 444 g/mol. The molecule has 0 aliphatic rings. The number of pyridine rings is 1. The fourth-order valence-corrected chi connectivity index (χ4v) is 3.41. The largest absolute Gasteiger partial charge is 0.457 e. The summed E-state index contributed by atoms with van der Waals surface area (Å²) in [4.78, 5) is 17.3. The van der Waals surface area contributed by atoms with Crippen LogP contribution in [0.1, 0.15) is 48.6 Å². The van der Waals surface area contributed by atoms with Crippen molar-refractivity contribution in [2.24, 2.45) is 0 Å². The number of carbonyl (C=O) groups excluding carboxylic acids is 1. The van der Waals surface area contributed by atoms with Gasteiger partial charge in [0.05, 0.1) is 29.2 Å². The lowest BCUT2D eigenvalue weighted by Gasteiger charge is -2.17. The highest BCUT2D eigenvalue weighted by Crippen LogP contribution is 2.27. The Balaban J connectivity index is 1.71. The number of anilines is 1. The number of amides is 1. The average molecular weight is 469 g/mol. The molecule has 1 heterocycles. The van der Waals surface area contributed by atoms with Crippen molar-refractivity contribution in [3.63, 3.8) is 0 Å². The summed E-state index contributed by atoms with van der Waals surface area (Å²) in [5, 5.41) is 2.92. The van der Waals surface area contributed by atoms with Crippen LogP contribution < -0.4 is 10.1 Å². The second-order valence-corrected chi connectivity index (χ2v) is 8.15. The molecule has 30 heavy (non-hydrogen) atoms. The summed E-state index contributed by atoms with van der Waals surface area (Å²) in [5.41, 5.74) is 2.63. The highest BCUT2D eigenvalue weighted by atomic mass is 79.9. The van der Waals surface area contributed by atoms with Crippen LogP contribution in [0.15, 0.2) is 65.1 Å². The maximum absolute atomic E-state index is 12.8. The molecule has 3 rings (SSSR count). The molecule has 6 heteroatoms. The molecular formula is C24H25BrN2O3. The minimum absolute atomic E-state index is 0.108. The molecule has 3 aromatic rings. The zero-order valence-corrected chi connectivity index (χ0v) is 19.1. The third-order valence-corrected chi connectivity index (χ3v) is 4.86. The first kappa shape index (κ1) is 22.0. The molecule has 1 aromatic heterocycles. The van der Waals surface area contributed by atoms with Gasteiger partial charge in [0.1, 0.15) is 11.5 Å². The van der Waals surface area contributed by atoms with Crippen molar-refractivity contribution in [1.29, 1.82) is 0 Å². The number of rotatable bonds is 7. The molecule has 5 nitrogen and oxygen atoms in total. The molecule has 156 valence electrons. The number of aryl methyl sites for hydroxylation is 1. The summed E-state index contributed by atoms with van der Waals surface area (Å²) < 4.78 is 12.6. The predicted molar refractivity (Wildman–Crippen MR) is 122 cm³/mol. The second-order valence-electron chi connectivity index (χ2n) is 7.24. The van der Waals surface area contributed by atoms with Crippen LogP contribution in [0.3, 0.4) is 0 Å². The predicted octanol–water partition coefficient (Wildman–Crippen LogP) is 6.68. The van der Waals surface area contributed by atoms with Crippen LogP contribution in [-0.4, -0.2) is 17.0 Å². The van der Waals surface area contributed by atoms with Gasteiger partial charge in [-0.15, -0.1) is 0 Å². The van der Waals surface area contributed by atoms with Gasteiger partial charge in [0, 0.05) is 16.2 Å². The van der Waals surface area contributed by atoms with E-state index in [0.717, 1.165) is 10.2 Å². The summed E-state index contributed by atoms with van der Waals surface area (Å²) in [6, 6.07) is 18.5. The number of halogens is 1. The highest BCUT2D eigenvalue weighted by molar-refractivity contribution is 9.10. The number of benzene rings is 2. The van der Waals surface area contributed by atoms with Crippen LogP contribution in [0.25, 0.3) is 0 Å². The van der Waals surface area contributed by atoms with Gasteiger partial charge in [-0.1, -0.05) is 28.1 Å². The monoisotopic (exact) mass is 468 g/mol. The van der Waals surface area contributed by atoms with Crippen LogP contribution in [0.4, 0.5) is 5.69 Å². The Hall–Kier alpha value is -2.70. The quantitative estimate of drug-likeness (QED) is 0.419. The average Bonchev–Trinajstić information content (AvgIpc) is 2.67. The summed E-state index contributed by atoms with van der Waals surface area (Å²) >= 11 is 3.43. The van der Waals surface area contributed by atoms with Gasteiger partial charge in [0.2, 0.25) is 0 Å². The zero-order chi connectivity index (χ0) is 21.7. The molecule has 1 amide bonds. The van der Waals surface area contributed by atoms with E-state index < -0.39 is 0 Å². The van der Waals surface area contributed by atoms with Crippen LogP contribution in [0.5, 0.6) is 11.5 Å².